The third-order valence-electron chi connectivity index (χ3n) is 6.29. The van der Waals surface area contributed by atoms with Crippen molar-refractivity contribution in [3.05, 3.63) is 89.5 Å². The number of aliphatic hydroxyl groups excluding tert-OH is 1. The second-order valence-electron chi connectivity index (χ2n) is 8.74. The Hall–Kier alpha value is -3.52. The Morgan fingerprint density at radius 1 is 0.857 bits per heavy atom. The van der Waals surface area contributed by atoms with Crippen LogP contribution in [-0.4, -0.2) is 42.3 Å². The van der Waals surface area contributed by atoms with E-state index in [1.165, 1.54) is 22.3 Å². The number of aliphatic hydroxyl groups is 1. The molecule has 4 rings (SSSR count). The van der Waals surface area contributed by atoms with E-state index in [0.29, 0.717) is 12.3 Å². The van der Waals surface area contributed by atoms with Gasteiger partial charge in [-0.3, -0.25) is 14.9 Å². The Kier molecular flexibility index (Phi) is 7.92. The van der Waals surface area contributed by atoms with Gasteiger partial charge < -0.3 is 20.5 Å². The lowest BCUT2D eigenvalue weighted by Crippen LogP contribution is -2.49. The number of fused-ring (bicyclic) bond motifs is 3. The highest BCUT2D eigenvalue weighted by atomic mass is 16.5. The van der Waals surface area contributed by atoms with E-state index in [4.69, 9.17) is 9.84 Å². The Morgan fingerprint density at radius 2 is 1.46 bits per heavy atom. The highest BCUT2D eigenvalue weighted by Crippen LogP contribution is 2.44. The van der Waals surface area contributed by atoms with Gasteiger partial charge in [-0.2, -0.15) is 0 Å². The van der Waals surface area contributed by atoms with Crippen LogP contribution in [0.2, 0.25) is 0 Å². The number of amides is 2. The van der Waals surface area contributed by atoms with Crippen molar-refractivity contribution in [1.82, 2.24) is 10.6 Å². The second-order valence-corrected chi connectivity index (χ2v) is 8.74. The molecule has 0 aromatic heterocycles. The van der Waals surface area contributed by atoms with E-state index in [2.05, 4.69) is 52.3 Å². The molecule has 2 amide bonds. The highest BCUT2D eigenvalue weighted by Gasteiger charge is 2.28. The van der Waals surface area contributed by atoms with E-state index in [1.807, 2.05) is 12.1 Å². The minimum atomic E-state index is -0.711. The summed E-state index contributed by atoms with van der Waals surface area (Å²) in [6.45, 7) is 4.03. The van der Waals surface area contributed by atoms with E-state index < -0.39 is 12.1 Å². The molecule has 182 valence electrons. The number of anilines is 1. The summed E-state index contributed by atoms with van der Waals surface area (Å²) in [6, 6.07) is 22.4. The van der Waals surface area contributed by atoms with Crippen LogP contribution in [0.1, 0.15) is 36.5 Å². The molecule has 0 heterocycles. The van der Waals surface area contributed by atoms with Crippen LogP contribution in [0.15, 0.2) is 72.8 Å². The number of ether oxygens (including phenoxy) is 1. The molecule has 0 radical (unpaired) electrons. The maximum Gasteiger partial charge on any atom is 0.246 e. The Bertz CT molecular complexity index is 1130. The summed E-state index contributed by atoms with van der Waals surface area (Å²) in [4.78, 5) is 24.9. The van der Waals surface area contributed by atoms with Crippen molar-refractivity contribution in [2.24, 2.45) is 0 Å². The predicted octanol–water partition coefficient (Wildman–Crippen LogP) is 3.39. The van der Waals surface area contributed by atoms with Crippen LogP contribution in [0.3, 0.4) is 0 Å². The van der Waals surface area contributed by atoms with Crippen molar-refractivity contribution in [2.75, 3.05) is 18.7 Å². The quantitative estimate of drug-likeness (QED) is 0.267. The van der Waals surface area contributed by atoms with Gasteiger partial charge in [-0.25, -0.2) is 0 Å². The maximum absolute atomic E-state index is 12.5. The number of hydrogen-bond acceptors (Lipinski definition) is 5. The fourth-order valence-electron chi connectivity index (χ4n) is 4.24. The number of benzene rings is 3. The molecule has 2 unspecified atom stereocenters. The number of hydrogen-bond donors (Lipinski definition) is 4. The third kappa shape index (κ3) is 5.77. The normalized spacial score (nSPS) is 14.0. The first kappa shape index (κ1) is 24.6. The lowest BCUT2D eigenvalue weighted by atomic mass is 9.98. The smallest absolute Gasteiger partial charge is 0.246 e. The SMILES string of the molecule is CC(NCOCC1c2ccccc2-c2ccccc21)C(=O)NC(C)C(=O)Nc1ccc(CO)cc1. The standard InChI is InChI=1S/C28H31N3O4/c1-18(27(33)30-19(2)28(34)31-21-13-11-20(15-32)12-14-21)29-17-35-16-26-24-9-5-3-7-22(24)23-8-4-6-10-25(23)26/h3-14,18-19,26,29,32H,15-17H2,1-2H3,(H,30,33)(H,31,34). The highest BCUT2D eigenvalue weighted by molar-refractivity contribution is 5.97. The first-order valence-electron chi connectivity index (χ1n) is 11.8. The van der Waals surface area contributed by atoms with Crippen LogP contribution < -0.4 is 16.0 Å². The van der Waals surface area contributed by atoms with Gasteiger partial charge >= 0.3 is 0 Å². The molecule has 3 aromatic rings. The van der Waals surface area contributed by atoms with Gasteiger partial charge in [-0.15, -0.1) is 0 Å². The van der Waals surface area contributed by atoms with Crippen molar-refractivity contribution in [2.45, 2.75) is 38.5 Å². The second kappa shape index (κ2) is 11.3. The lowest BCUT2D eigenvalue weighted by molar-refractivity contribution is -0.127. The molecular formula is C28H31N3O4. The molecule has 2 atom stereocenters. The van der Waals surface area contributed by atoms with Crippen molar-refractivity contribution < 1.29 is 19.4 Å². The van der Waals surface area contributed by atoms with Gasteiger partial charge in [0.15, 0.2) is 0 Å². The van der Waals surface area contributed by atoms with Crippen molar-refractivity contribution >= 4 is 17.5 Å². The topological polar surface area (TPSA) is 99.7 Å². The van der Waals surface area contributed by atoms with Crippen LogP contribution in [0, 0.1) is 0 Å². The van der Waals surface area contributed by atoms with Gasteiger partial charge in [0.25, 0.3) is 0 Å². The third-order valence-corrected chi connectivity index (χ3v) is 6.29. The number of nitrogens with one attached hydrogen (secondary N) is 3. The van der Waals surface area contributed by atoms with E-state index in [-0.39, 0.29) is 31.1 Å². The van der Waals surface area contributed by atoms with Gasteiger partial charge in [0.2, 0.25) is 11.8 Å². The van der Waals surface area contributed by atoms with Gasteiger partial charge in [-0.05, 0) is 53.8 Å². The molecule has 35 heavy (non-hydrogen) atoms. The van der Waals surface area contributed by atoms with Crippen LogP contribution in [-0.2, 0) is 20.9 Å². The first-order chi connectivity index (χ1) is 17.0. The molecule has 0 saturated carbocycles. The molecule has 4 N–H and O–H groups in total. The molecule has 0 saturated heterocycles. The number of carbonyl (C=O) groups is 2. The van der Waals surface area contributed by atoms with Crippen molar-refractivity contribution in [3.8, 4) is 11.1 Å². The summed E-state index contributed by atoms with van der Waals surface area (Å²) >= 11 is 0. The van der Waals surface area contributed by atoms with Gasteiger partial charge in [-0.1, -0.05) is 60.7 Å². The van der Waals surface area contributed by atoms with E-state index in [9.17, 15) is 9.59 Å². The average molecular weight is 474 g/mol. The maximum atomic E-state index is 12.5. The largest absolute Gasteiger partial charge is 0.392 e. The van der Waals surface area contributed by atoms with E-state index >= 15 is 0 Å². The Labute approximate surface area is 205 Å². The van der Waals surface area contributed by atoms with Gasteiger partial charge in [0.1, 0.15) is 6.04 Å². The van der Waals surface area contributed by atoms with Crippen molar-refractivity contribution in [1.29, 1.82) is 0 Å². The molecule has 1 aliphatic carbocycles. The average Bonchev–Trinajstić information content (AvgIpc) is 3.20. The summed E-state index contributed by atoms with van der Waals surface area (Å²) in [7, 11) is 0. The zero-order chi connectivity index (χ0) is 24.8. The summed E-state index contributed by atoms with van der Waals surface area (Å²) in [6.07, 6.45) is 0. The number of carbonyl (C=O) groups excluding carboxylic acids is 2. The monoisotopic (exact) mass is 473 g/mol. The van der Waals surface area contributed by atoms with E-state index in [1.54, 1.807) is 38.1 Å². The van der Waals surface area contributed by atoms with Crippen LogP contribution in [0.4, 0.5) is 5.69 Å². The predicted molar refractivity (Wildman–Crippen MR) is 136 cm³/mol. The number of rotatable bonds is 10. The van der Waals surface area contributed by atoms with Crippen molar-refractivity contribution in [3.63, 3.8) is 0 Å². The minimum absolute atomic E-state index is 0.0590. The zero-order valence-corrected chi connectivity index (χ0v) is 20.0. The van der Waals surface area contributed by atoms with Crippen LogP contribution in [0.25, 0.3) is 11.1 Å². The molecule has 1 aliphatic rings. The first-order valence-corrected chi connectivity index (χ1v) is 11.8. The molecule has 0 bridgehead atoms. The molecule has 0 aliphatic heterocycles. The lowest BCUT2D eigenvalue weighted by Gasteiger charge is -2.19. The molecule has 7 nitrogen and oxygen atoms in total. The summed E-state index contributed by atoms with van der Waals surface area (Å²) in [5.41, 5.74) is 6.36. The summed E-state index contributed by atoms with van der Waals surface area (Å²) < 4.78 is 5.91. The Balaban J connectivity index is 1.22. The van der Waals surface area contributed by atoms with Crippen LogP contribution in [0.5, 0.6) is 0 Å². The van der Waals surface area contributed by atoms with Crippen LogP contribution >= 0.6 is 0 Å². The molecule has 0 spiro atoms. The van der Waals surface area contributed by atoms with Gasteiger partial charge in [0, 0.05) is 11.6 Å². The summed E-state index contributed by atoms with van der Waals surface area (Å²) in [5, 5.41) is 17.7. The molecule has 0 fully saturated rings. The molecular weight excluding hydrogens is 442 g/mol. The van der Waals surface area contributed by atoms with Gasteiger partial charge in [0.05, 0.1) is 26.0 Å². The molecule has 3 aromatic carbocycles. The fourth-order valence-corrected chi connectivity index (χ4v) is 4.24. The zero-order valence-electron chi connectivity index (χ0n) is 20.0. The Morgan fingerprint density at radius 3 is 2.06 bits per heavy atom. The van der Waals surface area contributed by atoms with E-state index in [0.717, 1.165) is 5.56 Å². The fraction of sp³-hybridized carbons (Fsp3) is 0.286. The summed E-state index contributed by atoms with van der Waals surface area (Å²) in [5.74, 6) is -0.455. The molecule has 7 heteroatoms. The minimum Gasteiger partial charge on any atom is -0.392 e.